The van der Waals surface area contributed by atoms with Crippen LogP contribution in [0.2, 0.25) is 0 Å². The molecule has 0 saturated carbocycles. The molecule has 0 fully saturated rings. The summed E-state index contributed by atoms with van der Waals surface area (Å²) in [5.41, 5.74) is 5.75. The lowest BCUT2D eigenvalue weighted by atomic mass is 9.90. The summed E-state index contributed by atoms with van der Waals surface area (Å²) in [7, 11) is 0. The highest BCUT2D eigenvalue weighted by Gasteiger charge is 2.11. The van der Waals surface area contributed by atoms with Crippen LogP contribution in [0.3, 0.4) is 0 Å². The van der Waals surface area contributed by atoms with Gasteiger partial charge in [-0.1, -0.05) is 20.8 Å². The molecule has 0 aliphatic rings. The van der Waals surface area contributed by atoms with Crippen LogP contribution in [0, 0.1) is 5.41 Å². The molecule has 1 aromatic heterocycles. The normalized spacial score (nSPS) is 12.0. The number of nitrogens with one attached hydrogen (secondary N) is 1. The summed E-state index contributed by atoms with van der Waals surface area (Å²) in [6, 6.07) is 0. The third kappa shape index (κ3) is 3.55. The lowest BCUT2D eigenvalue weighted by Gasteiger charge is -2.16. The molecule has 0 radical (unpaired) electrons. The fourth-order valence-corrected chi connectivity index (χ4v) is 1.02. The SMILES string of the molecule is CC(C)(C)CCc1n[nH]c(CN)n1. The van der Waals surface area contributed by atoms with Gasteiger partial charge in [0, 0.05) is 6.42 Å². The van der Waals surface area contributed by atoms with E-state index in [0.717, 1.165) is 24.5 Å². The summed E-state index contributed by atoms with van der Waals surface area (Å²) in [6.07, 6.45) is 2.01. The van der Waals surface area contributed by atoms with E-state index in [1.807, 2.05) is 0 Å². The van der Waals surface area contributed by atoms with E-state index in [0.29, 0.717) is 12.0 Å². The summed E-state index contributed by atoms with van der Waals surface area (Å²) in [5, 5.41) is 6.88. The molecular formula is C9H18N4. The van der Waals surface area contributed by atoms with Crippen LogP contribution in [0.1, 0.15) is 38.8 Å². The Bertz CT molecular complexity index is 259. The topological polar surface area (TPSA) is 67.6 Å². The quantitative estimate of drug-likeness (QED) is 0.739. The minimum Gasteiger partial charge on any atom is -0.324 e. The second-order valence-corrected chi connectivity index (χ2v) is 4.46. The maximum Gasteiger partial charge on any atom is 0.150 e. The number of nitrogens with zero attached hydrogens (tertiary/aromatic N) is 2. The van der Waals surface area contributed by atoms with Crippen LogP contribution < -0.4 is 5.73 Å². The third-order valence-electron chi connectivity index (χ3n) is 1.87. The van der Waals surface area contributed by atoms with Gasteiger partial charge in [-0.15, -0.1) is 0 Å². The fourth-order valence-electron chi connectivity index (χ4n) is 1.02. The second kappa shape index (κ2) is 3.87. The monoisotopic (exact) mass is 182 g/mol. The van der Waals surface area contributed by atoms with E-state index in [1.165, 1.54) is 0 Å². The Morgan fingerprint density at radius 3 is 2.54 bits per heavy atom. The number of aryl methyl sites for hydroxylation is 1. The largest absolute Gasteiger partial charge is 0.324 e. The molecule has 1 aromatic rings. The molecule has 74 valence electrons. The van der Waals surface area contributed by atoms with Crippen molar-refractivity contribution in [2.45, 2.75) is 40.2 Å². The first-order valence-electron chi connectivity index (χ1n) is 4.61. The van der Waals surface area contributed by atoms with Crippen LogP contribution >= 0.6 is 0 Å². The van der Waals surface area contributed by atoms with E-state index in [4.69, 9.17) is 5.73 Å². The summed E-state index contributed by atoms with van der Waals surface area (Å²) < 4.78 is 0. The van der Waals surface area contributed by atoms with Crippen LogP contribution in [0.4, 0.5) is 0 Å². The highest BCUT2D eigenvalue weighted by molar-refractivity contribution is 4.90. The van der Waals surface area contributed by atoms with Crippen molar-refractivity contribution in [2.75, 3.05) is 0 Å². The summed E-state index contributed by atoms with van der Waals surface area (Å²) in [6.45, 7) is 7.07. The molecule has 1 heterocycles. The van der Waals surface area contributed by atoms with E-state index in [2.05, 4.69) is 36.0 Å². The summed E-state index contributed by atoms with van der Waals surface area (Å²) >= 11 is 0. The van der Waals surface area contributed by atoms with Gasteiger partial charge in [0.2, 0.25) is 0 Å². The van der Waals surface area contributed by atoms with Gasteiger partial charge in [0.15, 0.2) is 5.82 Å². The molecule has 0 aliphatic heterocycles. The van der Waals surface area contributed by atoms with Gasteiger partial charge in [0.05, 0.1) is 6.54 Å². The molecule has 0 unspecified atom stereocenters. The molecule has 0 spiro atoms. The lowest BCUT2D eigenvalue weighted by Crippen LogP contribution is -2.07. The van der Waals surface area contributed by atoms with Crippen molar-refractivity contribution in [1.29, 1.82) is 0 Å². The van der Waals surface area contributed by atoms with Crippen molar-refractivity contribution >= 4 is 0 Å². The van der Waals surface area contributed by atoms with Crippen LogP contribution in [-0.4, -0.2) is 15.2 Å². The predicted octanol–water partition coefficient (Wildman–Crippen LogP) is 1.24. The van der Waals surface area contributed by atoms with E-state index in [1.54, 1.807) is 0 Å². The number of hydrogen-bond acceptors (Lipinski definition) is 3. The Kier molecular flexibility index (Phi) is 3.03. The number of hydrogen-bond donors (Lipinski definition) is 2. The minimum absolute atomic E-state index is 0.337. The average molecular weight is 182 g/mol. The molecule has 0 aromatic carbocycles. The molecule has 0 aliphatic carbocycles. The first-order chi connectivity index (χ1) is 6.01. The van der Waals surface area contributed by atoms with Gasteiger partial charge in [0.25, 0.3) is 0 Å². The summed E-state index contributed by atoms with van der Waals surface area (Å²) in [4.78, 5) is 4.24. The highest BCUT2D eigenvalue weighted by atomic mass is 15.2. The van der Waals surface area contributed by atoms with Crippen molar-refractivity contribution in [1.82, 2.24) is 15.2 Å². The van der Waals surface area contributed by atoms with Gasteiger partial charge in [-0.25, -0.2) is 4.98 Å². The van der Waals surface area contributed by atoms with E-state index >= 15 is 0 Å². The minimum atomic E-state index is 0.337. The van der Waals surface area contributed by atoms with Crippen LogP contribution in [-0.2, 0) is 13.0 Å². The van der Waals surface area contributed by atoms with Crippen molar-refractivity contribution < 1.29 is 0 Å². The van der Waals surface area contributed by atoms with Gasteiger partial charge >= 0.3 is 0 Å². The number of aromatic nitrogens is 3. The number of nitrogens with two attached hydrogens (primary N) is 1. The Morgan fingerprint density at radius 1 is 1.38 bits per heavy atom. The molecule has 1 rings (SSSR count). The Morgan fingerprint density at radius 2 is 2.08 bits per heavy atom. The lowest BCUT2D eigenvalue weighted by molar-refractivity contribution is 0.374. The maximum atomic E-state index is 5.41. The molecule has 0 amide bonds. The van der Waals surface area contributed by atoms with Gasteiger partial charge in [-0.2, -0.15) is 5.10 Å². The first kappa shape index (κ1) is 10.2. The molecule has 0 atom stereocenters. The zero-order chi connectivity index (χ0) is 9.90. The molecule has 0 bridgehead atoms. The highest BCUT2D eigenvalue weighted by Crippen LogP contribution is 2.20. The van der Waals surface area contributed by atoms with Gasteiger partial charge in [0.1, 0.15) is 5.82 Å². The Hall–Kier alpha value is -0.900. The van der Waals surface area contributed by atoms with Crippen LogP contribution in [0.15, 0.2) is 0 Å². The molecular weight excluding hydrogens is 164 g/mol. The Balaban J connectivity index is 2.46. The third-order valence-corrected chi connectivity index (χ3v) is 1.87. The molecule has 3 N–H and O–H groups in total. The molecule has 4 nitrogen and oxygen atoms in total. The standard InChI is InChI=1S/C9H18N4/c1-9(2,3)5-4-7-11-8(6-10)13-12-7/h4-6,10H2,1-3H3,(H,11,12,13). The van der Waals surface area contributed by atoms with E-state index < -0.39 is 0 Å². The van der Waals surface area contributed by atoms with Crippen molar-refractivity contribution in [3.63, 3.8) is 0 Å². The van der Waals surface area contributed by atoms with Gasteiger partial charge < -0.3 is 5.73 Å². The first-order valence-corrected chi connectivity index (χ1v) is 4.61. The zero-order valence-electron chi connectivity index (χ0n) is 8.59. The van der Waals surface area contributed by atoms with Gasteiger partial charge in [-0.3, -0.25) is 5.10 Å². The number of H-pyrrole nitrogens is 1. The van der Waals surface area contributed by atoms with E-state index in [-0.39, 0.29) is 0 Å². The fraction of sp³-hybridized carbons (Fsp3) is 0.778. The van der Waals surface area contributed by atoms with Crippen molar-refractivity contribution in [3.05, 3.63) is 11.6 Å². The van der Waals surface area contributed by atoms with Crippen LogP contribution in [0.5, 0.6) is 0 Å². The summed E-state index contributed by atoms with van der Waals surface area (Å²) in [5.74, 6) is 1.64. The van der Waals surface area contributed by atoms with E-state index in [9.17, 15) is 0 Å². The zero-order valence-corrected chi connectivity index (χ0v) is 8.59. The Labute approximate surface area is 78.9 Å². The molecule has 13 heavy (non-hydrogen) atoms. The average Bonchev–Trinajstić information content (AvgIpc) is 2.47. The molecule has 4 heteroatoms. The number of rotatable bonds is 3. The smallest absolute Gasteiger partial charge is 0.150 e. The van der Waals surface area contributed by atoms with Crippen LogP contribution in [0.25, 0.3) is 0 Å². The molecule has 0 saturated heterocycles. The van der Waals surface area contributed by atoms with Crippen molar-refractivity contribution in [2.24, 2.45) is 11.1 Å². The number of aromatic amines is 1. The van der Waals surface area contributed by atoms with Gasteiger partial charge in [-0.05, 0) is 11.8 Å². The predicted molar refractivity (Wildman–Crippen MR) is 52.1 cm³/mol. The van der Waals surface area contributed by atoms with Crippen molar-refractivity contribution in [3.8, 4) is 0 Å². The maximum absolute atomic E-state index is 5.41. The second-order valence-electron chi connectivity index (χ2n) is 4.46.